The molecule has 0 heterocycles. The van der Waals surface area contributed by atoms with Crippen LogP contribution >= 0.6 is 23.2 Å². The van der Waals surface area contributed by atoms with E-state index in [1.807, 2.05) is 26.0 Å². The number of benzene rings is 2. The molecule has 0 bridgehead atoms. The third kappa shape index (κ3) is 3.26. The van der Waals surface area contributed by atoms with Crippen LogP contribution in [0.5, 0.6) is 5.75 Å². The molecule has 2 aromatic carbocycles. The number of ether oxygens (including phenoxy) is 1. The molecule has 2 rings (SSSR count). The van der Waals surface area contributed by atoms with Gasteiger partial charge in [-0.25, -0.2) is 0 Å². The van der Waals surface area contributed by atoms with E-state index >= 15 is 0 Å². The molecule has 0 atom stereocenters. The Morgan fingerprint density at radius 3 is 2.10 bits per heavy atom. The van der Waals surface area contributed by atoms with Gasteiger partial charge in [0.2, 0.25) is 0 Å². The first-order valence-electron chi connectivity index (χ1n) is 6.29. The van der Waals surface area contributed by atoms with E-state index in [-0.39, 0.29) is 6.61 Å². The van der Waals surface area contributed by atoms with E-state index in [0.29, 0.717) is 16.7 Å². The van der Waals surface area contributed by atoms with Crippen molar-refractivity contribution in [2.75, 3.05) is 0 Å². The number of hydrogen-bond acceptors (Lipinski definition) is 2. The van der Waals surface area contributed by atoms with Crippen molar-refractivity contribution < 1.29 is 9.84 Å². The molecule has 0 spiro atoms. The lowest BCUT2D eigenvalue weighted by molar-refractivity contribution is 0.280. The monoisotopic (exact) mass is 310 g/mol. The molecule has 0 aliphatic carbocycles. The largest absolute Gasteiger partial charge is 0.488 e. The molecule has 0 saturated carbocycles. The lowest BCUT2D eigenvalue weighted by Crippen LogP contribution is -2.01. The average molecular weight is 311 g/mol. The molecule has 106 valence electrons. The van der Waals surface area contributed by atoms with Crippen LogP contribution in [0.25, 0.3) is 0 Å². The van der Waals surface area contributed by atoms with Crippen LogP contribution in [0.2, 0.25) is 10.0 Å². The first-order valence-corrected chi connectivity index (χ1v) is 7.05. The predicted octanol–water partition coefficient (Wildman–Crippen LogP) is 4.68. The molecule has 4 heteroatoms. The summed E-state index contributed by atoms with van der Waals surface area (Å²) in [5, 5.41) is 10.4. The van der Waals surface area contributed by atoms with Gasteiger partial charge in [0, 0.05) is 15.6 Å². The molecule has 0 unspecified atom stereocenters. The number of aliphatic hydroxyl groups is 1. The fourth-order valence-corrected chi connectivity index (χ4v) is 2.68. The number of hydrogen-bond donors (Lipinski definition) is 1. The second-order valence-corrected chi connectivity index (χ2v) is 5.52. The summed E-state index contributed by atoms with van der Waals surface area (Å²) in [4.78, 5) is 0. The normalized spacial score (nSPS) is 10.7. The third-order valence-corrected chi connectivity index (χ3v) is 3.83. The van der Waals surface area contributed by atoms with Gasteiger partial charge in [-0.2, -0.15) is 0 Å². The second-order valence-electron chi connectivity index (χ2n) is 4.71. The van der Waals surface area contributed by atoms with Crippen molar-refractivity contribution in [2.24, 2.45) is 0 Å². The number of aryl methyl sites for hydroxylation is 2. The van der Waals surface area contributed by atoms with Crippen LogP contribution in [-0.4, -0.2) is 5.11 Å². The van der Waals surface area contributed by atoms with E-state index < -0.39 is 0 Å². The van der Waals surface area contributed by atoms with Crippen LogP contribution in [0, 0.1) is 13.8 Å². The van der Waals surface area contributed by atoms with Crippen molar-refractivity contribution in [3.63, 3.8) is 0 Å². The van der Waals surface area contributed by atoms with Gasteiger partial charge in [0.1, 0.15) is 12.4 Å². The van der Waals surface area contributed by atoms with Crippen LogP contribution in [0.4, 0.5) is 0 Å². The molecule has 1 N–H and O–H groups in total. The van der Waals surface area contributed by atoms with Crippen LogP contribution < -0.4 is 4.74 Å². The first-order chi connectivity index (χ1) is 9.52. The highest BCUT2D eigenvalue weighted by molar-refractivity contribution is 6.35. The Balaban J connectivity index is 2.23. The fourth-order valence-electron chi connectivity index (χ4n) is 2.17. The molecular weight excluding hydrogens is 295 g/mol. The highest BCUT2D eigenvalue weighted by Gasteiger charge is 2.10. The topological polar surface area (TPSA) is 29.5 Å². The van der Waals surface area contributed by atoms with Crippen molar-refractivity contribution in [2.45, 2.75) is 27.1 Å². The summed E-state index contributed by atoms with van der Waals surface area (Å²) in [7, 11) is 0. The van der Waals surface area contributed by atoms with Gasteiger partial charge in [-0.15, -0.1) is 0 Å². The first kappa shape index (κ1) is 15.2. The van der Waals surface area contributed by atoms with Crippen LogP contribution in [0.1, 0.15) is 22.3 Å². The molecule has 2 nitrogen and oxygen atoms in total. The molecule has 20 heavy (non-hydrogen) atoms. The zero-order chi connectivity index (χ0) is 14.7. The van der Waals surface area contributed by atoms with Crippen molar-refractivity contribution in [1.29, 1.82) is 0 Å². The van der Waals surface area contributed by atoms with Gasteiger partial charge in [-0.05, 0) is 42.7 Å². The number of aliphatic hydroxyl groups excluding tert-OH is 1. The summed E-state index contributed by atoms with van der Waals surface area (Å²) < 4.78 is 5.86. The van der Waals surface area contributed by atoms with Crippen LogP contribution in [-0.2, 0) is 13.2 Å². The van der Waals surface area contributed by atoms with Gasteiger partial charge in [-0.3, -0.25) is 0 Å². The third-order valence-electron chi connectivity index (χ3n) is 3.13. The smallest absolute Gasteiger partial charge is 0.125 e. The summed E-state index contributed by atoms with van der Waals surface area (Å²) >= 11 is 12.3. The van der Waals surface area contributed by atoms with Gasteiger partial charge >= 0.3 is 0 Å². The molecule has 0 aliphatic rings. The maximum atomic E-state index is 9.18. The molecule has 0 fully saturated rings. The van der Waals surface area contributed by atoms with E-state index in [1.54, 1.807) is 18.2 Å². The van der Waals surface area contributed by atoms with Crippen LogP contribution in [0.15, 0.2) is 30.3 Å². The summed E-state index contributed by atoms with van der Waals surface area (Å²) in [6.07, 6.45) is 0. The van der Waals surface area contributed by atoms with Gasteiger partial charge in [0.25, 0.3) is 0 Å². The summed E-state index contributed by atoms with van der Waals surface area (Å²) in [6, 6.07) is 9.22. The van der Waals surface area contributed by atoms with Crippen molar-refractivity contribution >= 4 is 23.2 Å². The highest BCUT2D eigenvalue weighted by Crippen LogP contribution is 2.29. The number of halogens is 2. The minimum Gasteiger partial charge on any atom is -0.488 e. The van der Waals surface area contributed by atoms with Gasteiger partial charge in [0.05, 0.1) is 6.61 Å². The van der Waals surface area contributed by atoms with E-state index in [9.17, 15) is 5.11 Å². The van der Waals surface area contributed by atoms with Crippen molar-refractivity contribution in [3.8, 4) is 5.75 Å². The zero-order valence-electron chi connectivity index (χ0n) is 11.4. The van der Waals surface area contributed by atoms with Crippen molar-refractivity contribution in [3.05, 3.63) is 62.6 Å². The Morgan fingerprint density at radius 1 is 1.05 bits per heavy atom. The molecule has 0 saturated heterocycles. The number of rotatable bonds is 4. The van der Waals surface area contributed by atoms with Gasteiger partial charge in [0.15, 0.2) is 0 Å². The molecule has 0 aromatic heterocycles. The average Bonchev–Trinajstić information content (AvgIpc) is 2.40. The van der Waals surface area contributed by atoms with E-state index in [1.165, 1.54) is 0 Å². The summed E-state index contributed by atoms with van der Waals surface area (Å²) in [5.74, 6) is 0.804. The molecule has 0 amide bonds. The summed E-state index contributed by atoms with van der Waals surface area (Å²) in [5.41, 5.74) is 3.62. The second kappa shape index (κ2) is 6.49. The Bertz CT molecular complexity index is 581. The molecule has 2 aromatic rings. The SMILES string of the molecule is Cc1cc(CO)cc(C)c1OCc1c(Cl)cccc1Cl. The zero-order valence-corrected chi connectivity index (χ0v) is 12.9. The minimum absolute atomic E-state index is 0.0261. The molecular formula is C16H16Cl2O2. The maximum Gasteiger partial charge on any atom is 0.125 e. The van der Waals surface area contributed by atoms with E-state index in [2.05, 4.69) is 0 Å². The molecule has 0 aliphatic heterocycles. The fraction of sp³-hybridized carbons (Fsp3) is 0.250. The Hall–Kier alpha value is -1.22. The van der Waals surface area contributed by atoms with Gasteiger partial charge in [-0.1, -0.05) is 41.4 Å². The lowest BCUT2D eigenvalue weighted by atomic mass is 10.1. The minimum atomic E-state index is 0.0261. The Kier molecular flexibility index (Phi) is 4.92. The predicted molar refractivity (Wildman–Crippen MR) is 82.6 cm³/mol. The van der Waals surface area contributed by atoms with E-state index in [0.717, 1.165) is 28.0 Å². The standard InChI is InChI=1S/C16H16Cl2O2/c1-10-6-12(8-19)7-11(2)16(10)20-9-13-14(17)4-3-5-15(13)18/h3-7,19H,8-9H2,1-2H3. The Morgan fingerprint density at radius 2 is 1.60 bits per heavy atom. The Labute approximate surface area is 128 Å². The molecule has 0 radical (unpaired) electrons. The van der Waals surface area contributed by atoms with Crippen molar-refractivity contribution in [1.82, 2.24) is 0 Å². The van der Waals surface area contributed by atoms with E-state index in [4.69, 9.17) is 27.9 Å². The quantitative estimate of drug-likeness (QED) is 0.888. The van der Waals surface area contributed by atoms with Crippen LogP contribution in [0.3, 0.4) is 0 Å². The van der Waals surface area contributed by atoms with Gasteiger partial charge < -0.3 is 9.84 Å². The summed E-state index contributed by atoms with van der Waals surface area (Å²) in [6.45, 7) is 4.25. The lowest BCUT2D eigenvalue weighted by Gasteiger charge is -2.15. The maximum absolute atomic E-state index is 9.18. The highest BCUT2D eigenvalue weighted by atomic mass is 35.5.